The maximum atomic E-state index is 10.1. The van der Waals surface area contributed by atoms with Crippen LogP contribution in [-0.2, 0) is 9.53 Å². The van der Waals surface area contributed by atoms with Gasteiger partial charge in [-0.3, -0.25) is 0 Å². The Labute approximate surface area is 95.7 Å². The number of carbonyl (C=O) groups is 1. The van der Waals surface area contributed by atoms with Crippen molar-refractivity contribution in [2.75, 3.05) is 6.61 Å². The number of hydrogen-bond acceptors (Lipinski definition) is 3. The van der Waals surface area contributed by atoms with Crippen LogP contribution < -0.4 is 0 Å². The molecule has 1 N–H and O–H groups in total. The molecule has 0 aromatic heterocycles. The fourth-order valence-electron chi connectivity index (χ4n) is 0.861. The van der Waals surface area contributed by atoms with Crippen molar-refractivity contribution >= 4 is 12.0 Å². The van der Waals surface area contributed by atoms with E-state index in [-0.39, 0.29) is 11.7 Å². The predicted molar refractivity (Wildman–Crippen MR) is 65.0 cm³/mol. The number of phenolic OH excluding ortho intramolecular Hbond substituents is 1. The molecule has 0 bridgehead atoms. The van der Waals surface area contributed by atoms with Crippen LogP contribution in [0.4, 0.5) is 0 Å². The summed E-state index contributed by atoms with van der Waals surface area (Å²) in [6, 6.07) is 7.08. The largest absolute Gasteiger partial charge is 0.507 e. The molecular weight excluding hydrogens is 204 g/mol. The van der Waals surface area contributed by atoms with Crippen molar-refractivity contribution in [1.82, 2.24) is 0 Å². The lowest BCUT2D eigenvalue weighted by molar-refractivity contribution is -0.137. The standard InChI is InChI=1S/C8H8O.C5H8O2/c1-2-7-5-3-4-6-8(7)9;1-3-5(6)7-4-2/h2-6,9H,1H2;3H,1,4H2,2H3. The predicted octanol–water partition coefficient (Wildman–Crippen LogP) is 2.77. The number of carbonyl (C=O) groups excluding carboxylic acids is 1. The first-order chi connectivity index (χ1) is 7.65. The molecule has 3 heteroatoms. The molecule has 0 saturated heterocycles. The van der Waals surface area contributed by atoms with E-state index in [0.29, 0.717) is 6.61 Å². The summed E-state index contributed by atoms with van der Waals surface area (Å²) < 4.78 is 4.43. The summed E-state index contributed by atoms with van der Waals surface area (Å²) in [5, 5.41) is 9.04. The molecule has 0 aliphatic rings. The summed E-state index contributed by atoms with van der Waals surface area (Å²) in [4.78, 5) is 10.1. The van der Waals surface area contributed by atoms with Gasteiger partial charge in [-0.2, -0.15) is 0 Å². The van der Waals surface area contributed by atoms with Gasteiger partial charge in [0, 0.05) is 11.6 Å². The summed E-state index contributed by atoms with van der Waals surface area (Å²) in [5.41, 5.74) is 0.775. The van der Waals surface area contributed by atoms with Crippen LogP contribution in [0, 0.1) is 0 Å². The molecule has 0 aliphatic carbocycles. The van der Waals surface area contributed by atoms with Gasteiger partial charge in [0.05, 0.1) is 6.61 Å². The number of rotatable bonds is 3. The van der Waals surface area contributed by atoms with E-state index in [1.54, 1.807) is 25.1 Å². The number of benzene rings is 1. The highest BCUT2D eigenvalue weighted by molar-refractivity contribution is 5.81. The Bertz CT molecular complexity index is 356. The third kappa shape index (κ3) is 5.65. The van der Waals surface area contributed by atoms with E-state index in [9.17, 15) is 4.79 Å². The number of phenols is 1. The minimum Gasteiger partial charge on any atom is -0.507 e. The molecule has 0 fully saturated rings. The molecule has 3 nitrogen and oxygen atoms in total. The molecule has 86 valence electrons. The van der Waals surface area contributed by atoms with E-state index < -0.39 is 0 Å². The lowest BCUT2D eigenvalue weighted by Crippen LogP contribution is -1.97. The van der Waals surface area contributed by atoms with E-state index in [0.717, 1.165) is 11.6 Å². The number of esters is 1. The molecule has 1 aromatic rings. The van der Waals surface area contributed by atoms with Gasteiger partial charge in [0.25, 0.3) is 0 Å². The zero-order chi connectivity index (χ0) is 12.4. The second kappa shape index (κ2) is 8.29. The Morgan fingerprint density at radius 2 is 2.06 bits per heavy atom. The van der Waals surface area contributed by atoms with E-state index >= 15 is 0 Å². The fraction of sp³-hybridized carbons (Fsp3) is 0.154. The average molecular weight is 220 g/mol. The first-order valence-electron chi connectivity index (χ1n) is 4.85. The van der Waals surface area contributed by atoms with Crippen LogP contribution in [0.1, 0.15) is 12.5 Å². The van der Waals surface area contributed by atoms with Crippen LogP contribution in [0.25, 0.3) is 6.08 Å². The van der Waals surface area contributed by atoms with Gasteiger partial charge in [0.1, 0.15) is 5.75 Å². The van der Waals surface area contributed by atoms with Crippen molar-refractivity contribution in [3.05, 3.63) is 49.1 Å². The summed E-state index contributed by atoms with van der Waals surface area (Å²) in [7, 11) is 0. The van der Waals surface area contributed by atoms with Crippen molar-refractivity contribution in [2.24, 2.45) is 0 Å². The molecule has 1 rings (SSSR count). The molecule has 0 spiro atoms. The Kier molecular flexibility index (Phi) is 7.24. The van der Waals surface area contributed by atoms with Crippen LogP contribution in [-0.4, -0.2) is 17.7 Å². The van der Waals surface area contributed by atoms with Crippen LogP contribution in [0.3, 0.4) is 0 Å². The quantitative estimate of drug-likeness (QED) is 0.629. The first-order valence-corrected chi connectivity index (χ1v) is 4.85. The number of ether oxygens (including phenoxy) is 1. The molecular formula is C13H16O3. The molecule has 0 radical (unpaired) electrons. The Morgan fingerprint density at radius 1 is 1.44 bits per heavy atom. The van der Waals surface area contributed by atoms with E-state index in [1.165, 1.54) is 0 Å². The van der Waals surface area contributed by atoms with Gasteiger partial charge < -0.3 is 9.84 Å². The highest BCUT2D eigenvalue weighted by Crippen LogP contribution is 2.15. The number of para-hydroxylation sites is 1. The first kappa shape index (κ1) is 14.0. The number of hydrogen-bond donors (Lipinski definition) is 1. The molecule has 0 heterocycles. The maximum Gasteiger partial charge on any atom is 0.330 e. The van der Waals surface area contributed by atoms with Crippen molar-refractivity contribution in [3.63, 3.8) is 0 Å². The van der Waals surface area contributed by atoms with E-state index in [4.69, 9.17) is 5.11 Å². The smallest absolute Gasteiger partial charge is 0.330 e. The monoisotopic (exact) mass is 220 g/mol. The molecule has 0 atom stereocenters. The lowest BCUT2D eigenvalue weighted by atomic mass is 10.2. The van der Waals surface area contributed by atoms with Gasteiger partial charge in [-0.05, 0) is 13.0 Å². The second-order valence-corrected chi connectivity index (χ2v) is 2.72. The highest BCUT2D eigenvalue weighted by atomic mass is 16.5. The van der Waals surface area contributed by atoms with E-state index in [1.807, 2.05) is 12.1 Å². The van der Waals surface area contributed by atoms with Crippen molar-refractivity contribution in [3.8, 4) is 5.75 Å². The minimum absolute atomic E-state index is 0.285. The average Bonchev–Trinajstić information content (AvgIpc) is 2.31. The van der Waals surface area contributed by atoms with Crippen LogP contribution in [0.5, 0.6) is 5.75 Å². The second-order valence-electron chi connectivity index (χ2n) is 2.72. The SMILES string of the molecule is C=CC(=O)OCC.C=Cc1ccccc1O. The van der Waals surface area contributed by atoms with E-state index in [2.05, 4.69) is 17.9 Å². The Morgan fingerprint density at radius 3 is 2.38 bits per heavy atom. The third-order valence-corrected chi connectivity index (χ3v) is 1.61. The molecule has 0 saturated carbocycles. The summed E-state index contributed by atoms with van der Waals surface area (Å²) in [6.45, 7) is 8.91. The topological polar surface area (TPSA) is 46.5 Å². The van der Waals surface area contributed by atoms with Crippen molar-refractivity contribution < 1.29 is 14.6 Å². The van der Waals surface area contributed by atoms with Crippen molar-refractivity contribution in [2.45, 2.75) is 6.92 Å². The third-order valence-electron chi connectivity index (χ3n) is 1.61. The molecule has 16 heavy (non-hydrogen) atoms. The summed E-state index contributed by atoms with van der Waals surface area (Å²) in [6.07, 6.45) is 2.76. The highest BCUT2D eigenvalue weighted by Gasteiger charge is 1.89. The normalized spacial score (nSPS) is 8.31. The summed E-state index contributed by atoms with van der Waals surface area (Å²) >= 11 is 0. The Hall–Kier alpha value is -2.03. The molecule has 0 amide bonds. The van der Waals surface area contributed by atoms with Gasteiger partial charge >= 0.3 is 5.97 Å². The fourth-order valence-corrected chi connectivity index (χ4v) is 0.861. The zero-order valence-electron chi connectivity index (χ0n) is 9.35. The zero-order valence-corrected chi connectivity index (χ0v) is 9.35. The number of aromatic hydroxyl groups is 1. The molecule has 1 aromatic carbocycles. The molecule has 0 aliphatic heterocycles. The molecule has 0 unspecified atom stereocenters. The van der Waals surface area contributed by atoms with Gasteiger partial charge in [-0.25, -0.2) is 4.79 Å². The van der Waals surface area contributed by atoms with Crippen LogP contribution in [0.2, 0.25) is 0 Å². The van der Waals surface area contributed by atoms with Gasteiger partial charge in [0.15, 0.2) is 0 Å². The minimum atomic E-state index is -0.359. The van der Waals surface area contributed by atoms with Gasteiger partial charge in [-0.15, -0.1) is 0 Å². The Balaban J connectivity index is 0.000000293. The van der Waals surface area contributed by atoms with Crippen LogP contribution >= 0.6 is 0 Å². The van der Waals surface area contributed by atoms with Crippen LogP contribution in [0.15, 0.2) is 43.5 Å². The van der Waals surface area contributed by atoms with Crippen molar-refractivity contribution in [1.29, 1.82) is 0 Å². The summed E-state index contributed by atoms with van der Waals surface area (Å²) in [5.74, 6) is -0.0741. The maximum absolute atomic E-state index is 10.1. The van der Waals surface area contributed by atoms with Gasteiger partial charge in [-0.1, -0.05) is 37.4 Å². The lowest BCUT2D eigenvalue weighted by Gasteiger charge is -1.93. The van der Waals surface area contributed by atoms with Gasteiger partial charge in [0.2, 0.25) is 0 Å².